The standard InChI is InChI=1S/C12H24N2O2S2/c1-6-12(4)7-8-17-10(14-12)13-9-11(2,3)18(5,15)16/h6-9H2,1-5H3,(H,13,14). The van der Waals surface area contributed by atoms with Crippen LogP contribution in [0.25, 0.3) is 0 Å². The van der Waals surface area contributed by atoms with E-state index in [-0.39, 0.29) is 5.54 Å². The Balaban J connectivity index is 2.74. The van der Waals surface area contributed by atoms with Crippen molar-refractivity contribution < 1.29 is 8.42 Å². The molecule has 0 saturated carbocycles. The van der Waals surface area contributed by atoms with Gasteiger partial charge in [0.05, 0.1) is 11.3 Å². The van der Waals surface area contributed by atoms with E-state index >= 15 is 0 Å². The normalized spacial score (nSPS) is 28.2. The molecule has 0 amide bonds. The highest BCUT2D eigenvalue weighted by Gasteiger charge is 2.31. The van der Waals surface area contributed by atoms with Gasteiger partial charge in [-0.25, -0.2) is 8.42 Å². The van der Waals surface area contributed by atoms with Crippen molar-refractivity contribution in [2.24, 2.45) is 4.99 Å². The van der Waals surface area contributed by atoms with Gasteiger partial charge < -0.3 is 5.32 Å². The Labute approximate surface area is 115 Å². The molecule has 1 saturated heterocycles. The van der Waals surface area contributed by atoms with Crippen LogP contribution in [0.5, 0.6) is 0 Å². The summed E-state index contributed by atoms with van der Waals surface area (Å²) in [5.74, 6) is 1.04. The van der Waals surface area contributed by atoms with Crippen LogP contribution < -0.4 is 5.32 Å². The summed E-state index contributed by atoms with van der Waals surface area (Å²) < 4.78 is 22.4. The molecule has 1 aliphatic rings. The Morgan fingerprint density at radius 3 is 2.61 bits per heavy atom. The molecule has 0 bridgehead atoms. The lowest BCUT2D eigenvalue weighted by atomic mass is 9.96. The number of hydrogen-bond donors (Lipinski definition) is 1. The molecule has 4 nitrogen and oxygen atoms in total. The zero-order chi connectivity index (χ0) is 14.0. The summed E-state index contributed by atoms with van der Waals surface area (Å²) in [6.45, 7) is 8.09. The van der Waals surface area contributed by atoms with Gasteiger partial charge in [0.25, 0.3) is 0 Å². The van der Waals surface area contributed by atoms with Gasteiger partial charge in [0.2, 0.25) is 0 Å². The number of thioether (sulfide) groups is 1. The second-order valence-corrected chi connectivity index (χ2v) is 9.52. The second-order valence-electron chi connectivity index (χ2n) is 5.79. The molecule has 1 atom stereocenters. The van der Waals surface area contributed by atoms with Gasteiger partial charge in [-0.1, -0.05) is 18.7 Å². The van der Waals surface area contributed by atoms with E-state index in [1.165, 1.54) is 6.26 Å². The smallest absolute Gasteiger partial charge is 0.157 e. The van der Waals surface area contributed by atoms with Gasteiger partial charge in [-0.2, -0.15) is 0 Å². The van der Waals surface area contributed by atoms with Crippen LogP contribution in [0.15, 0.2) is 4.99 Å². The van der Waals surface area contributed by atoms with E-state index < -0.39 is 14.6 Å². The fourth-order valence-electron chi connectivity index (χ4n) is 1.46. The van der Waals surface area contributed by atoms with Gasteiger partial charge in [-0.3, -0.25) is 4.99 Å². The average molecular weight is 292 g/mol. The molecule has 0 aromatic heterocycles. The van der Waals surface area contributed by atoms with Crippen LogP contribution >= 0.6 is 11.8 Å². The first-order valence-electron chi connectivity index (χ1n) is 6.25. The van der Waals surface area contributed by atoms with Crippen molar-refractivity contribution in [2.75, 3.05) is 18.6 Å². The number of aliphatic imine (C=N–C) groups is 1. The molecule has 1 aliphatic heterocycles. The molecule has 0 aromatic rings. The lowest BCUT2D eigenvalue weighted by molar-refractivity contribution is 0.389. The van der Waals surface area contributed by atoms with E-state index in [0.29, 0.717) is 6.54 Å². The summed E-state index contributed by atoms with van der Waals surface area (Å²) in [6, 6.07) is 0. The van der Waals surface area contributed by atoms with Crippen LogP contribution in [-0.4, -0.2) is 42.4 Å². The summed E-state index contributed by atoms with van der Waals surface area (Å²) >= 11 is 1.68. The highest BCUT2D eigenvalue weighted by molar-refractivity contribution is 8.13. The van der Waals surface area contributed by atoms with E-state index in [4.69, 9.17) is 0 Å². The maximum Gasteiger partial charge on any atom is 0.157 e. The Bertz CT molecular complexity index is 429. The summed E-state index contributed by atoms with van der Waals surface area (Å²) in [5.41, 5.74) is 0.0965. The largest absolute Gasteiger partial charge is 0.360 e. The minimum atomic E-state index is -3.08. The van der Waals surface area contributed by atoms with E-state index in [1.54, 1.807) is 25.6 Å². The van der Waals surface area contributed by atoms with Crippen molar-refractivity contribution in [1.82, 2.24) is 5.32 Å². The van der Waals surface area contributed by atoms with Gasteiger partial charge in [-0.05, 0) is 33.6 Å². The summed E-state index contributed by atoms with van der Waals surface area (Å²) in [4.78, 5) is 4.45. The minimum absolute atomic E-state index is 0.0965. The van der Waals surface area contributed by atoms with Crippen molar-refractivity contribution in [3.8, 4) is 0 Å². The Hall–Kier alpha value is -0.230. The molecule has 1 fully saturated rings. The number of amidine groups is 1. The van der Waals surface area contributed by atoms with Gasteiger partial charge in [-0.15, -0.1) is 0 Å². The van der Waals surface area contributed by atoms with Crippen LogP contribution in [0.4, 0.5) is 0 Å². The van der Waals surface area contributed by atoms with Gasteiger partial charge >= 0.3 is 0 Å². The van der Waals surface area contributed by atoms with Gasteiger partial charge in [0, 0.05) is 17.5 Å². The zero-order valence-electron chi connectivity index (χ0n) is 11.9. The van der Waals surface area contributed by atoms with Gasteiger partial charge in [0.1, 0.15) is 0 Å². The second kappa shape index (κ2) is 5.41. The van der Waals surface area contributed by atoms with E-state index in [2.05, 4.69) is 24.2 Å². The lowest BCUT2D eigenvalue weighted by Gasteiger charge is -2.35. The first kappa shape index (κ1) is 15.8. The first-order chi connectivity index (χ1) is 8.10. The topological polar surface area (TPSA) is 58.5 Å². The number of rotatable bonds is 4. The number of nitrogens with one attached hydrogen (secondary N) is 1. The van der Waals surface area contributed by atoms with Crippen LogP contribution in [0.1, 0.15) is 40.5 Å². The third-order valence-electron chi connectivity index (χ3n) is 3.69. The van der Waals surface area contributed by atoms with Crippen molar-refractivity contribution in [3.63, 3.8) is 0 Å². The Morgan fingerprint density at radius 2 is 2.11 bits per heavy atom. The lowest BCUT2D eigenvalue weighted by Crippen LogP contribution is -2.48. The molecule has 0 aliphatic carbocycles. The third kappa shape index (κ3) is 3.88. The Morgan fingerprint density at radius 1 is 1.50 bits per heavy atom. The molecular weight excluding hydrogens is 268 g/mol. The molecular formula is C12H24N2O2S2. The number of nitrogens with zero attached hydrogens (tertiary/aromatic N) is 1. The maximum atomic E-state index is 11.6. The van der Waals surface area contributed by atoms with Crippen molar-refractivity contribution in [2.45, 2.75) is 50.8 Å². The number of hydrogen-bond acceptors (Lipinski definition) is 4. The van der Waals surface area contributed by atoms with Crippen molar-refractivity contribution in [3.05, 3.63) is 0 Å². The van der Waals surface area contributed by atoms with E-state index in [9.17, 15) is 8.42 Å². The van der Waals surface area contributed by atoms with Crippen molar-refractivity contribution in [1.29, 1.82) is 0 Å². The Kier molecular flexibility index (Phi) is 4.76. The van der Waals surface area contributed by atoms with Gasteiger partial charge in [0.15, 0.2) is 15.0 Å². The van der Waals surface area contributed by atoms with Crippen LogP contribution in [-0.2, 0) is 9.84 Å². The highest BCUT2D eigenvalue weighted by atomic mass is 32.2. The molecule has 1 rings (SSSR count). The first-order valence-corrected chi connectivity index (χ1v) is 9.12. The molecule has 106 valence electrons. The molecule has 1 heterocycles. The monoisotopic (exact) mass is 292 g/mol. The highest BCUT2D eigenvalue weighted by Crippen LogP contribution is 2.25. The minimum Gasteiger partial charge on any atom is -0.360 e. The fourth-order valence-corrected chi connectivity index (χ4v) is 2.98. The van der Waals surface area contributed by atoms with Crippen molar-refractivity contribution >= 4 is 26.8 Å². The maximum absolute atomic E-state index is 11.6. The molecule has 6 heteroatoms. The molecule has 1 N–H and O–H groups in total. The predicted octanol–water partition coefficient (Wildman–Crippen LogP) is 2.06. The van der Waals surface area contributed by atoms with Crippen LogP contribution in [0.3, 0.4) is 0 Å². The predicted molar refractivity (Wildman–Crippen MR) is 80.1 cm³/mol. The zero-order valence-corrected chi connectivity index (χ0v) is 13.5. The molecule has 1 unspecified atom stereocenters. The third-order valence-corrected chi connectivity index (χ3v) is 6.74. The quantitative estimate of drug-likeness (QED) is 0.861. The number of sulfone groups is 1. The fraction of sp³-hybridized carbons (Fsp3) is 0.917. The molecule has 0 radical (unpaired) electrons. The molecule has 18 heavy (non-hydrogen) atoms. The summed E-state index contributed by atoms with van der Waals surface area (Å²) in [6.07, 6.45) is 3.43. The van der Waals surface area contributed by atoms with Crippen LogP contribution in [0, 0.1) is 0 Å². The van der Waals surface area contributed by atoms with E-state index in [1.807, 2.05) is 0 Å². The summed E-state index contributed by atoms with van der Waals surface area (Å²) in [7, 11) is -3.08. The van der Waals surface area contributed by atoms with E-state index in [0.717, 1.165) is 23.8 Å². The molecule has 0 aromatic carbocycles. The average Bonchev–Trinajstić information content (AvgIpc) is 2.25. The SMILES string of the molecule is CCC1(C)CCSC(=NCC(C)(C)S(C)(=O)=O)N1. The van der Waals surface area contributed by atoms with Crippen LogP contribution in [0.2, 0.25) is 0 Å². The molecule has 0 spiro atoms. The summed E-state index contributed by atoms with van der Waals surface area (Å²) in [5, 5.41) is 4.30.